The third-order valence-corrected chi connectivity index (χ3v) is 4.92. The van der Waals surface area contributed by atoms with Gasteiger partial charge in [-0.25, -0.2) is 4.79 Å². The average molecular weight is 431 g/mol. The SMILES string of the molecule is CC.CCOC(=O)c1cccc(C2=C(c3cc(Br)ccc3OC)CCC2)c1. The smallest absolute Gasteiger partial charge is 0.338 e. The van der Waals surface area contributed by atoms with E-state index in [1.165, 1.54) is 11.1 Å². The van der Waals surface area contributed by atoms with Crippen molar-refractivity contribution < 1.29 is 14.3 Å². The van der Waals surface area contributed by atoms with Gasteiger partial charge < -0.3 is 9.47 Å². The van der Waals surface area contributed by atoms with E-state index < -0.39 is 0 Å². The van der Waals surface area contributed by atoms with Crippen molar-refractivity contribution in [3.05, 3.63) is 63.6 Å². The Balaban J connectivity index is 0.00000126. The van der Waals surface area contributed by atoms with Crippen LogP contribution in [0.4, 0.5) is 0 Å². The van der Waals surface area contributed by atoms with E-state index in [0.29, 0.717) is 12.2 Å². The van der Waals surface area contributed by atoms with E-state index in [-0.39, 0.29) is 5.97 Å². The lowest BCUT2D eigenvalue weighted by Gasteiger charge is -2.13. The van der Waals surface area contributed by atoms with Crippen molar-refractivity contribution >= 4 is 33.0 Å². The molecular formula is C23H27BrO3. The number of benzene rings is 2. The van der Waals surface area contributed by atoms with Crippen molar-refractivity contribution in [3.8, 4) is 5.75 Å². The van der Waals surface area contributed by atoms with Crippen LogP contribution in [0.15, 0.2) is 46.9 Å². The Kier molecular flexibility index (Phi) is 8.11. The number of esters is 1. The molecular weight excluding hydrogens is 404 g/mol. The number of methoxy groups -OCH3 is 1. The highest BCUT2D eigenvalue weighted by molar-refractivity contribution is 9.10. The van der Waals surface area contributed by atoms with Crippen LogP contribution >= 0.6 is 15.9 Å². The summed E-state index contributed by atoms with van der Waals surface area (Å²) in [7, 11) is 1.70. The Morgan fingerprint density at radius 3 is 2.52 bits per heavy atom. The monoisotopic (exact) mass is 430 g/mol. The predicted molar refractivity (Wildman–Crippen MR) is 115 cm³/mol. The van der Waals surface area contributed by atoms with E-state index in [2.05, 4.69) is 28.1 Å². The molecule has 2 aromatic rings. The van der Waals surface area contributed by atoms with E-state index >= 15 is 0 Å². The summed E-state index contributed by atoms with van der Waals surface area (Å²) >= 11 is 3.56. The van der Waals surface area contributed by atoms with Gasteiger partial charge in [0.1, 0.15) is 5.75 Å². The van der Waals surface area contributed by atoms with Crippen LogP contribution in [0.2, 0.25) is 0 Å². The Labute approximate surface area is 170 Å². The molecule has 3 nitrogen and oxygen atoms in total. The van der Waals surface area contributed by atoms with Gasteiger partial charge >= 0.3 is 5.97 Å². The molecule has 0 spiro atoms. The zero-order valence-corrected chi connectivity index (χ0v) is 18.1. The summed E-state index contributed by atoms with van der Waals surface area (Å²) in [5.74, 6) is 0.601. The van der Waals surface area contributed by atoms with Gasteiger partial charge in [0, 0.05) is 10.0 Å². The van der Waals surface area contributed by atoms with Crippen LogP contribution in [-0.2, 0) is 4.74 Å². The lowest BCUT2D eigenvalue weighted by molar-refractivity contribution is 0.0526. The third-order valence-electron chi connectivity index (χ3n) is 4.43. The third kappa shape index (κ3) is 5.01. The minimum Gasteiger partial charge on any atom is -0.496 e. The van der Waals surface area contributed by atoms with Crippen molar-refractivity contribution in [2.45, 2.75) is 40.0 Å². The highest BCUT2D eigenvalue weighted by Gasteiger charge is 2.21. The first-order chi connectivity index (χ1) is 13.1. The maximum Gasteiger partial charge on any atom is 0.338 e. The molecule has 0 radical (unpaired) electrons. The minimum atomic E-state index is -0.274. The second-order valence-electron chi connectivity index (χ2n) is 5.96. The van der Waals surface area contributed by atoms with Gasteiger partial charge in [-0.1, -0.05) is 41.9 Å². The molecule has 2 aromatic carbocycles. The number of ether oxygens (including phenoxy) is 2. The first kappa shape index (κ1) is 21.2. The fourth-order valence-electron chi connectivity index (χ4n) is 3.32. The second kappa shape index (κ2) is 10.3. The summed E-state index contributed by atoms with van der Waals surface area (Å²) < 4.78 is 11.7. The number of carbonyl (C=O) groups is 1. The normalized spacial score (nSPS) is 13.1. The second-order valence-corrected chi connectivity index (χ2v) is 6.87. The van der Waals surface area contributed by atoms with Crippen molar-refractivity contribution in [2.24, 2.45) is 0 Å². The molecule has 0 aromatic heterocycles. The molecule has 3 rings (SSSR count). The zero-order chi connectivity index (χ0) is 19.8. The van der Waals surface area contributed by atoms with Gasteiger partial charge in [0.25, 0.3) is 0 Å². The molecule has 0 amide bonds. The van der Waals surface area contributed by atoms with E-state index in [1.54, 1.807) is 13.2 Å². The topological polar surface area (TPSA) is 35.5 Å². The first-order valence-corrected chi connectivity index (χ1v) is 10.3. The van der Waals surface area contributed by atoms with E-state index in [1.807, 2.05) is 45.0 Å². The molecule has 0 atom stereocenters. The maximum atomic E-state index is 12.0. The van der Waals surface area contributed by atoms with Crippen LogP contribution in [0.25, 0.3) is 11.1 Å². The summed E-state index contributed by atoms with van der Waals surface area (Å²) in [4.78, 5) is 12.0. The molecule has 0 N–H and O–H groups in total. The average Bonchev–Trinajstić information content (AvgIpc) is 3.19. The van der Waals surface area contributed by atoms with Crippen LogP contribution in [0, 0.1) is 0 Å². The van der Waals surface area contributed by atoms with Gasteiger partial charge in [0.15, 0.2) is 0 Å². The molecule has 1 aliphatic rings. The molecule has 0 aliphatic heterocycles. The van der Waals surface area contributed by atoms with Crippen LogP contribution in [0.3, 0.4) is 0 Å². The zero-order valence-electron chi connectivity index (χ0n) is 16.5. The Hall–Kier alpha value is -2.07. The van der Waals surface area contributed by atoms with Gasteiger partial charge in [-0.2, -0.15) is 0 Å². The van der Waals surface area contributed by atoms with Gasteiger partial charge in [-0.15, -0.1) is 0 Å². The largest absolute Gasteiger partial charge is 0.496 e. The number of allylic oxidation sites excluding steroid dienone is 2. The number of hydrogen-bond acceptors (Lipinski definition) is 3. The van der Waals surface area contributed by atoms with Crippen LogP contribution in [0.5, 0.6) is 5.75 Å². The van der Waals surface area contributed by atoms with E-state index in [4.69, 9.17) is 9.47 Å². The highest BCUT2D eigenvalue weighted by atomic mass is 79.9. The van der Waals surface area contributed by atoms with E-state index in [9.17, 15) is 4.79 Å². The molecule has 4 heteroatoms. The molecule has 0 fully saturated rings. The fraction of sp³-hybridized carbons (Fsp3) is 0.348. The molecule has 0 unspecified atom stereocenters. The van der Waals surface area contributed by atoms with Crippen molar-refractivity contribution in [2.75, 3.05) is 13.7 Å². The molecule has 1 aliphatic carbocycles. The summed E-state index contributed by atoms with van der Waals surface area (Å²) in [6, 6.07) is 13.8. The Morgan fingerprint density at radius 2 is 1.81 bits per heavy atom. The molecule has 27 heavy (non-hydrogen) atoms. The maximum absolute atomic E-state index is 12.0. The van der Waals surface area contributed by atoms with Crippen molar-refractivity contribution in [1.29, 1.82) is 0 Å². The highest BCUT2D eigenvalue weighted by Crippen LogP contribution is 2.43. The summed E-state index contributed by atoms with van der Waals surface area (Å²) in [5.41, 5.74) is 5.37. The number of halogens is 1. The summed E-state index contributed by atoms with van der Waals surface area (Å²) in [6.45, 7) is 6.20. The standard InChI is InChI=1S/C21H21BrO3.C2H6/c1-3-25-21(23)15-7-4-6-14(12-15)17-8-5-9-18(17)19-13-16(22)10-11-20(19)24-2;1-2/h4,6-7,10-13H,3,5,8-9H2,1-2H3;1-2H3. The molecule has 0 heterocycles. The number of rotatable bonds is 5. The van der Waals surface area contributed by atoms with Crippen molar-refractivity contribution in [1.82, 2.24) is 0 Å². The number of hydrogen-bond donors (Lipinski definition) is 0. The lowest BCUT2D eigenvalue weighted by atomic mass is 9.95. The quantitative estimate of drug-likeness (QED) is 0.491. The van der Waals surface area contributed by atoms with Gasteiger partial charge in [-0.3, -0.25) is 0 Å². The lowest BCUT2D eigenvalue weighted by Crippen LogP contribution is -2.04. The van der Waals surface area contributed by atoms with Crippen molar-refractivity contribution in [3.63, 3.8) is 0 Å². The van der Waals surface area contributed by atoms with Crippen LogP contribution in [0.1, 0.15) is 61.5 Å². The van der Waals surface area contributed by atoms with E-state index in [0.717, 1.165) is 40.6 Å². The van der Waals surface area contributed by atoms with Gasteiger partial charge in [0.2, 0.25) is 0 Å². The first-order valence-electron chi connectivity index (χ1n) is 9.47. The fourth-order valence-corrected chi connectivity index (χ4v) is 3.68. The van der Waals surface area contributed by atoms with Crippen LogP contribution in [-0.4, -0.2) is 19.7 Å². The molecule has 0 saturated heterocycles. The Bertz CT molecular complexity index is 824. The summed E-state index contributed by atoms with van der Waals surface area (Å²) in [5, 5.41) is 0. The van der Waals surface area contributed by atoms with Crippen LogP contribution < -0.4 is 4.74 Å². The predicted octanol–water partition coefficient (Wildman–Crippen LogP) is 6.76. The van der Waals surface area contributed by atoms with Gasteiger partial charge in [0.05, 0.1) is 19.3 Å². The molecule has 144 valence electrons. The summed E-state index contributed by atoms with van der Waals surface area (Å²) in [6.07, 6.45) is 3.10. The minimum absolute atomic E-state index is 0.274. The molecule has 0 bridgehead atoms. The van der Waals surface area contributed by atoms with Gasteiger partial charge in [-0.05, 0) is 73.2 Å². The number of carbonyl (C=O) groups excluding carboxylic acids is 1. The molecule has 0 saturated carbocycles. The Morgan fingerprint density at radius 1 is 1.07 bits per heavy atom.